The van der Waals surface area contributed by atoms with Crippen molar-refractivity contribution in [3.63, 3.8) is 0 Å². The van der Waals surface area contributed by atoms with Crippen molar-refractivity contribution in [2.75, 3.05) is 13.1 Å². The van der Waals surface area contributed by atoms with Gasteiger partial charge in [-0.25, -0.2) is 0 Å². The van der Waals surface area contributed by atoms with Gasteiger partial charge in [0.15, 0.2) is 0 Å². The van der Waals surface area contributed by atoms with Crippen LogP contribution < -0.4 is 0 Å². The molecular formula is C22H41NO3. The molecule has 0 heterocycles. The molecule has 1 atom stereocenters. The van der Waals surface area contributed by atoms with Crippen LogP contribution >= 0.6 is 0 Å². The molecule has 0 aromatic carbocycles. The van der Waals surface area contributed by atoms with Crippen LogP contribution in [0.15, 0.2) is 12.2 Å². The van der Waals surface area contributed by atoms with Crippen LogP contribution in [0.1, 0.15) is 97.8 Å². The fraction of sp³-hybridized carbons (Fsp3) is 0.818. The van der Waals surface area contributed by atoms with Gasteiger partial charge in [-0.1, -0.05) is 70.4 Å². The smallest absolute Gasteiger partial charge is 0.304 e. The summed E-state index contributed by atoms with van der Waals surface area (Å²) < 4.78 is 0. The molecule has 152 valence electrons. The van der Waals surface area contributed by atoms with E-state index < -0.39 is 11.9 Å². The third kappa shape index (κ3) is 13.0. The largest absolute Gasteiger partial charge is 0.481 e. The maximum Gasteiger partial charge on any atom is 0.304 e. The maximum atomic E-state index is 12.4. The molecule has 0 rings (SSSR count). The van der Waals surface area contributed by atoms with Gasteiger partial charge in [-0.3, -0.25) is 9.59 Å². The first-order valence-corrected chi connectivity index (χ1v) is 10.7. The van der Waals surface area contributed by atoms with Crippen molar-refractivity contribution < 1.29 is 14.7 Å². The monoisotopic (exact) mass is 367 g/mol. The van der Waals surface area contributed by atoms with Gasteiger partial charge in [0.25, 0.3) is 0 Å². The molecule has 4 heteroatoms. The highest BCUT2D eigenvalue weighted by Crippen LogP contribution is 2.15. The molecule has 0 aromatic rings. The highest BCUT2D eigenvalue weighted by Gasteiger charge is 2.23. The number of carbonyl (C=O) groups excluding carboxylic acids is 1. The first kappa shape index (κ1) is 24.7. The molecule has 0 aliphatic carbocycles. The summed E-state index contributed by atoms with van der Waals surface area (Å²) in [5.41, 5.74) is 0. The van der Waals surface area contributed by atoms with E-state index in [2.05, 4.69) is 13.0 Å². The Morgan fingerprint density at radius 2 is 1.38 bits per heavy atom. The number of nitrogens with zero attached hydrogens (tertiary/aromatic N) is 1. The van der Waals surface area contributed by atoms with E-state index in [0.717, 1.165) is 6.42 Å². The van der Waals surface area contributed by atoms with Crippen molar-refractivity contribution >= 4 is 11.9 Å². The molecule has 0 aliphatic rings. The number of carboxylic acids is 1. The minimum atomic E-state index is -0.900. The summed E-state index contributed by atoms with van der Waals surface area (Å²) in [6, 6.07) is 0. The molecule has 0 spiro atoms. The van der Waals surface area contributed by atoms with Crippen LogP contribution in [0.25, 0.3) is 0 Å². The number of carboxylic acid groups (broad SMARTS) is 1. The first-order valence-electron chi connectivity index (χ1n) is 10.7. The second kappa shape index (κ2) is 17.1. The third-order valence-electron chi connectivity index (χ3n) is 4.91. The van der Waals surface area contributed by atoms with Gasteiger partial charge in [0.1, 0.15) is 0 Å². The van der Waals surface area contributed by atoms with E-state index in [1.165, 1.54) is 57.8 Å². The lowest BCUT2D eigenvalue weighted by Crippen LogP contribution is -2.36. The molecule has 1 amide bonds. The molecule has 0 saturated carbocycles. The first-order chi connectivity index (χ1) is 12.6. The zero-order valence-electron chi connectivity index (χ0n) is 17.3. The summed E-state index contributed by atoms with van der Waals surface area (Å²) in [5.74, 6) is -1.38. The summed E-state index contributed by atoms with van der Waals surface area (Å²) in [6.07, 6.45) is 17.5. The number of hydrogen-bond donors (Lipinski definition) is 1. The Kier molecular flexibility index (Phi) is 16.2. The number of amides is 1. The molecule has 0 fully saturated rings. The van der Waals surface area contributed by atoms with Crippen molar-refractivity contribution in [2.45, 2.75) is 97.8 Å². The summed E-state index contributed by atoms with van der Waals surface area (Å²) in [6.45, 7) is 7.37. The summed E-state index contributed by atoms with van der Waals surface area (Å²) in [4.78, 5) is 25.2. The van der Waals surface area contributed by atoms with E-state index in [0.29, 0.717) is 19.5 Å². The molecule has 0 aliphatic heterocycles. The van der Waals surface area contributed by atoms with Crippen molar-refractivity contribution in [1.82, 2.24) is 4.90 Å². The Hall–Kier alpha value is -1.32. The highest BCUT2D eigenvalue weighted by atomic mass is 16.4. The molecule has 0 saturated heterocycles. The number of hydrogen-bond acceptors (Lipinski definition) is 2. The van der Waals surface area contributed by atoms with Crippen LogP contribution in [0.3, 0.4) is 0 Å². The van der Waals surface area contributed by atoms with Crippen molar-refractivity contribution in [3.8, 4) is 0 Å². The summed E-state index contributed by atoms with van der Waals surface area (Å²) in [7, 11) is 0. The molecular weight excluding hydrogens is 326 g/mol. The van der Waals surface area contributed by atoms with Crippen LogP contribution in [0.2, 0.25) is 0 Å². The average Bonchev–Trinajstić information content (AvgIpc) is 2.62. The molecule has 0 radical (unpaired) electrons. The Morgan fingerprint density at radius 3 is 1.88 bits per heavy atom. The molecule has 1 N–H and O–H groups in total. The minimum absolute atomic E-state index is 0.0369. The standard InChI is InChI=1S/C22H41NO3/c1-4-7-8-9-10-11-12-13-14-15-16-17-18-20(19-21(24)25)22(26)23(5-2)6-3/h16-17,20H,4-15,18-19H2,1-3H3,(H,24,25)/b17-16+. The Balaban J connectivity index is 3.95. The SMILES string of the molecule is CCCCCCCCCCC/C=C/CC(CC(=O)O)C(=O)N(CC)CC. The molecule has 0 bridgehead atoms. The van der Waals surface area contributed by atoms with Gasteiger partial charge in [0, 0.05) is 13.1 Å². The van der Waals surface area contributed by atoms with Gasteiger partial charge in [-0.2, -0.15) is 0 Å². The zero-order valence-corrected chi connectivity index (χ0v) is 17.3. The number of rotatable bonds is 17. The molecule has 1 unspecified atom stereocenters. The van der Waals surface area contributed by atoms with Gasteiger partial charge in [0.2, 0.25) is 5.91 Å². The summed E-state index contributed by atoms with van der Waals surface area (Å²) >= 11 is 0. The van der Waals surface area contributed by atoms with Gasteiger partial charge in [0.05, 0.1) is 12.3 Å². The van der Waals surface area contributed by atoms with E-state index in [-0.39, 0.29) is 12.3 Å². The topological polar surface area (TPSA) is 57.6 Å². The van der Waals surface area contributed by atoms with Crippen molar-refractivity contribution in [1.29, 1.82) is 0 Å². The molecule has 4 nitrogen and oxygen atoms in total. The van der Waals surface area contributed by atoms with E-state index >= 15 is 0 Å². The average molecular weight is 368 g/mol. The van der Waals surface area contributed by atoms with Crippen molar-refractivity contribution in [2.24, 2.45) is 5.92 Å². The lowest BCUT2D eigenvalue weighted by atomic mass is 9.98. The van der Waals surface area contributed by atoms with Crippen LogP contribution in [0.4, 0.5) is 0 Å². The molecule has 0 aromatic heterocycles. The van der Waals surface area contributed by atoms with Crippen molar-refractivity contribution in [3.05, 3.63) is 12.2 Å². The van der Waals surface area contributed by atoms with E-state index in [1.54, 1.807) is 4.90 Å². The Morgan fingerprint density at radius 1 is 0.846 bits per heavy atom. The van der Waals surface area contributed by atoms with Crippen LogP contribution in [-0.2, 0) is 9.59 Å². The molecule has 26 heavy (non-hydrogen) atoms. The lowest BCUT2D eigenvalue weighted by molar-refractivity contribution is -0.144. The third-order valence-corrected chi connectivity index (χ3v) is 4.91. The fourth-order valence-electron chi connectivity index (χ4n) is 3.23. The van der Waals surface area contributed by atoms with Gasteiger partial charge < -0.3 is 10.0 Å². The van der Waals surface area contributed by atoms with Crippen LogP contribution in [-0.4, -0.2) is 35.0 Å². The number of allylic oxidation sites excluding steroid dienone is 2. The van der Waals surface area contributed by atoms with Crippen LogP contribution in [0, 0.1) is 5.92 Å². The fourth-order valence-corrected chi connectivity index (χ4v) is 3.23. The number of unbranched alkanes of at least 4 members (excludes halogenated alkanes) is 9. The van der Waals surface area contributed by atoms with Crippen LogP contribution in [0.5, 0.6) is 0 Å². The second-order valence-electron chi connectivity index (χ2n) is 7.13. The zero-order chi connectivity index (χ0) is 19.6. The number of aliphatic carboxylic acids is 1. The quantitative estimate of drug-likeness (QED) is 0.260. The van der Waals surface area contributed by atoms with Gasteiger partial charge >= 0.3 is 5.97 Å². The number of carbonyl (C=O) groups is 2. The van der Waals surface area contributed by atoms with Gasteiger partial charge in [-0.15, -0.1) is 0 Å². The second-order valence-corrected chi connectivity index (χ2v) is 7.13. The predicted octanol–water partition coefficient (Wildman–Crippen LogP) is 5.81. The lowest BCUT2D eigenvalue weighted by Gasteiger charge is -2.23. The minimum Gasteiger partial charge on any atom is -0.481 e. The predicted molar refractivity (Wildman–Crippen MR) is 109 cm³/mol. The highest BCUT2D eigenvalue weighted by molar-refractivity contribution is 5.83. The Labute approximate surface area is 161 Å². The maximum absolute atomic E-state index is 12.4. The summed E-state index contributed by atoms with van der Waals surface area (Å²) in [5, 5.41) is 9.06. The Bertz CT molecular complexity index is 389. The normalized spacial score (nSPS) is 12.4. The van der Waals surface area contributed by atoms with E-state index in [9.17, 15) is 9.59 Å². The van der Waals surface area contributed by atoms with Gasteiger partial charge in [-0.05, 0) is 33.1 Å². The van der Waals surface area contributed by atoms with E-state index in [1.807, 2.05) is 19.9 Å². The van der Waals surface area contributed by atoms with E-state index in [4.69, 9.17) is 5.11 Å².